The number of hydrogen-bond donors (Lipinski definition) is 1. The van der Waals surface area contributed by atoms with Gasteiger partial charge in [-0.15, -0.1) is 0 Å². The zero-order valence-electron chi connectivity index (χ0n) is 12.5. The van der Waals surface area contributed by atoms with Crippen LogP contribution in [0.3, 0.4) is 0 Å². The van der Waals surface area contributed by atoms with Crippen molar-refractivity contribution < 1.29 is 4.74 Å². The van der Waals surface area contributed by atoms with E-state index in [1.165, 1.54) is 19.3 Å². The molecule has 112 valence electrons. The number of anilines is 1. The van der Waals surface area contributed by atoms with Gasteiger partial charge in [-0.3, -0.25) is 0 Å². The molecule has 2 aromatic heterocycles. The lowest BCUT2D eigenvalue weighted by molar-refractivity contribution is 0.0619. The minimum absolute atomic E-state index is 0.436. The summed E-state index contributed by atoms with van der Waals surface area (Å²) in [6.45, 7) is 5.02. The topological polar surface area (TPSA) is 64.3 Å². The fourth-order valence-corrected chi connectivity index (χ4v) is 3.73. The molecule has 0 radical (unpaired) electrons. The van der Waals surface area contributed by atoms with E-state index in [4.69, 9.17) is 4.74 Å². The van der Waals surface area contributed by atoms with E-state index >= 15 is 0 Å². The number of fused-ring (bicyclic) bond motifs is 2. The Kier molecular flexibility index (Phi) is 3.06. The van der Waals surface area contributed by atoms with Crippen LogP contribution >= 0.6 is 0 Å². The van der Waals surface area contributed by atoms with Crippen LogP contribution in [0.4, 0.5) is 5.82 Å². The predicted molar refractivity (Wildman–Crippen MR) is 79.4 cm³/mol. The normalized spacial score (nSPS) is 28.8. The second kappa shape index (κ2) is 4.94. The summed E-state index contributed by atoms with van der Waals surface area (Å²) in [6.07, 6.45) is 6.78. The Balaban J connectivity index is 1.70. The minimum Gasteiger partial charge on any atom is -0.378 e. The first-order chi connectivity index (χ1) is 10.2. The predicted octanol–water partition coefficient (Wildman–Crippen LogP) is 2.11. The van der Waals surface area contributed by atoms with E-state index in [-0.39, 0.29) is 0 Å². The second-order valence-corrected chi connectivity index (χ2v) is 6.19. The van der Waals surface area contributed by atoms with Gasteiger partial charge in [-0.05, 0) is 39.5 Å². The highest BCUT2D eigenvalue weighted by Crippen LogP contribution is 2.36. The van der Waals surface area contributed by atoms with Gasteiger partial charge >= 0.3 is 0 Å². The molecule has 0 aromatic carbocycles. The number of rotatable bonds is 2. The van der Waals surface area contributed by atoms with Crippen molar-refractivity contribution in [1.29, 1.82) is 0 Å². The van der Waals surface area contributed by atoms with Crippen LogP contribution in [0.15, 0.2) is 6.33 Å². The average Bonchev–Trinajstić information content (AvgIpc) is 3.12. The summed E-state index contributed by atoms with van der Waals surface area (Å²) in [7, 11) is 0. The molecule has 4 rings (SSSR count). The number of ether oxygens (including phenoxy) is 1. The molecule has 0 spiro atoms. The quantitative estimate of drug-likeness (QED) is 0.916. The summed E-state index contributed by atoms with van der Waals surface area (Å²) in [6, 6.07) is 0.458. The summed E-state index contributed by atoms with van der Waals surface area (Å²) in [5.41, 5.74) is 2.15. The molecular weight excluding hydrogens is 266 g/mol. The summed E-state index contributed by atoms with van der Waals surface area (Å²) in [5.74, 6) is 2.31. The van der Waals surface area contributed by atoms with Gasteiger partial charge in [0.2, 0.25) is 0 Å². The van der Waals surface area contributed by atoms with Crippen LogP contribution in [0.2, 0.25) is 0 Å². The van der Waals surface area contributed by atoms with E-state index in [0.29, 0.717) is 23.8 Å². The fourth-order valence-electron chi connectivity index (χ4n) is 3.73. The number of aryl methyl sites for hydroxylation is 1. The number of nitrogens with zero attached hydrogens (tertiary/aromatic N) is 4. The van der Waals surface area contributed by atoms with Crippen LogP contribution in [0, 0.1) is 19.8 Å². The summed E-state index contributed by atoms with van der Waals surface area (Å²) in [4.78, 5) is 8.70. The highest BCUT2D eigenvalue weighted by atomic mass is 16.5. The third kappa shape index (κ3) is 2.09. The number of aromatic nitrogens is 4. The van der Waals surface area contributed by atoms with Crippen molar-refractivity contribution in [3.63, 3.8) is 0 Å². The Morgan fingerprint density at radius 2 is 2.19 bits per heavy atom. The Morgan fingerprint density at radius 3 is 3.10 bits per heavy atom. The molecule has 1 aliphatic carbocycles. The molecule has 3 atom stereocenters. The third-order valence-corrected chi connectivity index (χ3v) is 5.01. The van der Waals surface area contributed by atoms with Crippen molar-refractivity contribution in [2.75, 3.05) is 11.9 Å². The standard InChI is InChI=1S/C15H21N5O/c1-9-10(2)18-15-16-8-17-20(15)14(9)19-12-4-3-5-13-11(12)6-7-21-13/h8,11-13,19H,3-7H2,1-2H3. The largest absolute Gasteiger partial charge is 0.378 e. The van der Waals surface area contributed by atoms with Crippen molar-refractivity contribution in [3.05, 3.63) is 17.6 Å². The molecule has 0 bridgehead atoms. The molecular formula is C15H21N5O. The van der Waals surface area contributed by atoms with Crippen molar-refractivity contribution in [3.8, 4) is 0 Å². The lowest BCUT2D eigenvalue weighted by atomic mass is 9.82. The summed E-state index contributed by atoms with van der Waals surface area (Å²) in [5, 5.41) is 8.05. The van der Waals surface area contributed by atoms with Crippen LogP contribution in [-0.4, -0.2) is 38.3 Å². The first-order valence-corrected chi connectivity index (χ1v) is 7.79. The lowest BCUT2D eigenvalue weighted by Gasteiger charge is -2.34. The van der Waals surface area contributed by atoms with Crippen molar-refractivity contribution >= 4 is 11.6 Å². The van der Waals surface area contributed by atoms with Gasteiger partial charge in [-0.1, -0.05) is 0 Å². The highest BCUT2D eigenvalue weighted by molar-refractivity contribution is 5.52. The summed E-state index contributed by atoms with van der Waals surface area (Å²) < 4.78 is 7.69. The molecule has 1 saturated heterocycles. The van der Waals surface area contributed by atoms with Gasteiger partial charge in [-0.25, -0.2) is 4.98 Å². The molecule has 21 heavy (non-hydrogen) atoms. The lowest BCUT2D eigenvalue weighted by Crippen LogP contribution is -2.39. The maximum atomic E-state index is 5.86. The molecule has 1 aliphatic heterocycles. The van der Waals surface area contributed by atoms with Gasteiger partial charge < -0.3 is 10.1 Å². The molecule has 1 N–H and O–H groups in total. The van der Waals surface area contributed by atoms with Crippen molar-refractivity contribution in [2.24, 2.45) is 5.92 Å². The van der Waals surface area contributed by atoms with Crippen LogP contribution in [-0.2, 0) is 4.74 Å². The van der Waals surface area contributed by atoms with E-state index in [2.05, 4.69) is 27.3 Å². The van der Waals surface area contributed by atoms with Gasteiger partial charge in [0.15, 0.2) is 0 Å². The smallest absolute Gasteiger partial charge is 0.254 e. The SMILES string of the molecule is Cc1nc2ncnn2c(NC2CCCC3OCCC23)c1C. The Hall–Kier alpha value is -1.69. The zero-order valence-corrected chi connectivity index (χ0v) is 12.5. The molecule has 2 aliphatic rings. The minimum atomic E-state index is 0.436. The Labute approximate surface area is 123 Å². The van der Waals surface area contributed by atoms with E-state index in [9.17, 15) is 0 Å². The van der Waals surface area contributed by atoms with Gasteiger partial charge in [0, 0.05) is 29.8 Å². The van der Waals surface area contributed by atoms with E-state index < -0.39 is 0 Å². The van der Waals surface area contributed by atoms with Crippen LogP contribution in [0.25, 0.3) is 5.78 Å². The average molecular weight is 287 g/mol. The Bertz CT molecular complexity index is 667. The van der Waals surface area contributed by atoms with Crippen molar-refractivity contribution in [1.82, 2.24) is 19.6 Å². The molecule has 6 heteroatoms. The van der Waals surface area contributed by atoms with Gasteiger partial charge in [-0.2, -0.15) is 14.6 Å². The van der Waals surface area contributed by atoms with Crippen LogP contribution < -0.4 is 5.32 Å². The third-order valence-electron chi connectivity index (χ3n) is 5.01. The maximum Gasteiger partial charge on any atom is 0.254 e. The second-order valence-electron chi connectivity index (χ2n) is 6.19. The first-order valence-electron chi connectivity index (χ1n) is 7.79. The highest BCUT2D eigenvalue weighted by Gasteiger charge is 2.38. The molecule has 2 aromatic rings. The molecule has 6 nitrogen and oxygen atoms in total. The molecule has 2 fully saturated rings. The van der Waals surface area contributed by atoms with E-state index in [1.807, 2.05) is 11.4 Å². The molecule has 0 amide bonds. The number of hydrogen-bond acceptors (Lipinski definition) is 5. The van der Waals surface area contributed by atoms with Crippen LogP contribution in [0.5, 0.6) is 0 Å². The monoisotopic (exact) mass is 287 g/mol. The van der Waals surface area contributed by atoms with Crippen molar-refractivity contribution in [2.45, 2.75) is 51.7 Å². The first kappa shape index (κ1) is 13.0. The van der Waals surface area contributed by atoms with E-state index in [0.717, 1.165) is 30.1 Å². The van der Waals surface area contributed by atoms with Gasteiger partial charge in [0.25, 0.3) is 5.78 Å². The summed E-state index contributed by atoms with van der Waals surface area (Å²) >= 11 is 0. The maximum absolute atomic E-state index is 5.86. The fraction of sp³-hybridized carbons (Fsp3) is 0.667. The van der Waals surface area contributed by atoms with E-state index in [1.54, 1.807) is 6.33 Å². The number of nitrogens with one attached hydrogen (secondary N) is 1. The molecule has 1 saturated carbocycles. The molecule has 3 heterocycles. The Morgan fingerprint density at radius 1 is 1.29 bits per heavy atom. The zero-order chi connectivity index (χ0) is 14.4. The molecule has 3 unspecified atom stereocenters. The van der Waals surface area contributed by atoms with Crippen LogP contribution in [0.1, 0.15) is 36.9 Å². The van der Waals surface area contributed by atoms with Gasteiger partial charge in [0.1, 0.15) is 12.1 Å². The van der Waals surface area contributed by atoms with Gasteiger partial charge in [0.05, 0.1) is 6.10 Å².